The molecule has 0 N–H and O–H groups in total. The summed E-state index contributed by atoms with van der Waals surface area (Å²) in [5.41, 5.74) is 1.08. The molecule has 27 heavy (non-hydrogen) atoms. The fourth-order valence-electron chi connectivity index (χ4n) is 4.47. The lowest BCUT2D eigenvalue weighted by molar-refractivity contribution is -0.205. The number of hydrogen-bond donors (Lipinski definition) is 0. The van der Waals surface area contributed by atoms with Crippen LogP contribution < -0.4 is 4.74 Å². The van der Waals surface area contributed by atoms with Crippen molar-refractivity contribution in [3.63, 3.8) is 0 Å². The number of rotatable bonds is 9. The largest absolute Gasteiger partial charge is 0.494 e. The summed E-state index contributed by atoms with van der Waals surface area (Å²) >= 11 is 0. The van der Waals surface area contributed by atoms with Crippen molar-refractivity contribution >= 4 is 0 Å². The van der Waals surface area contributed by atoms with Gasteiger partial charge in [0.05, 0.1) is 19.8 Å². The predicted octanol–water partition coefficient (Wildman–Crippen LogP) is 6.52. The fraction of sp³-hybridized carbons (Fsp3) is 0.750. The van der Waals surface area contributed by atoms with E-state index in [4.69, 9.17) is 14.2 Å². The van der Waals surface area contributed by atoms with Gasteiger partial charge in [0.2, 0.25) is 0 Å². The van der Waals surface area contributed by atoms with E-state index >= 15 is 0 Å². The first kappa shape index (κ1) is 20.7. The molecule has 0 amide bonds. The molecule has 0 unspecified atom stereocenters. The SMILES string of the molecule is CCCC1CCC(CCCOc2ccc(C3OCC(CC)CO3)cc2)CC1. The van der Waals surface area contributed by atoms with Gasteiger partial charge in [0, 0.05) is 11.5 Å². The lowest BCUT2D eigenvalue weighted by atomic mass is 9.78. The van der Waals surface area contributed by atoms with E-state index in [2.05, 4.69) is 26.0 Å². The van der Waals surface area contributed by atoms with Gasteiger partial charge in [0.1, 0.15) is 5.75 Å². The van der Waals surface area contributed by atoms with Crippen LogP contribution in [0.3, 0.4) is 0 Å². The van der Waals surface area contributed by atoms with Gasteiger partial charge in [-0.2, -0.15) is 0 Å². The monoisotopic (exact) mass is 374 g/mol. The second-order valence-electron chi connectivity index (χ2n) is 8.51. The van der Waals surface area contributed by atoms with E-state index in [-0.39, 0.29) is 6.29 Å². The van der Waals surface area contributed by atoms with Gasteiger partial charge in [-0.15, -0.1) is 0 Å². The molecule has 1 aliphatic heterocycles. The van der Waals surface area contributed by atoms with E-state index in [1.165, 1.54) is 44.9 Å². The molecule has 152 valence electrons. The molecule has 3 rings (SSSR count). The minimum Gasteiger partial charge on any atom is -0.494 e. The maximum atomic E-state index is 5.95. The molecule has 2 fully saturated rings. The second kappa shape index (κ2) is 11.1. The summed E-state index contributed by atoms with van der Waals surface area (Å²) in [4.78, 5) is 0. The molecule has 3 heteroatoms. The molecule has 0 spiro atoms. The van der Waals surface area contributed by atoms with Crippen molar-refractivity contribution in [2.45, 2.75) is 77.9 Å². The molecule has 0 aromatic heterocycles. The Kier molecular flexibility index (Phi) is 8.47. The summed E-state index contributed by atoms with van der Waals surface area (Å²) in [5.74, 6) is 3.42. The zero-order valence-electron chi connectivity index (χ0n) is 17.3. The molecule has 0 bridgehead atoms. The number of ether oxygens (including phenoxy) is 3. The van der Waals surface area contributed by atoms with Crippen molar-refractivity contribution in [1.82, 2.24) is 0 Å². The summed E-state index contributed by atoms with van der Waals surface area (Å²) in [6.07, 6.45) is 11.9. The topological polar surface area (TPSA) is 27.7 Å². The number of hydrogen-bond acceptors (Lipinski definition) is 3. The highest BCUT2D eigenvalue weighted by Gasteiger charge is 2.22. The van der Waals surface area contributed by atoms with Gasteiger partial charge in [-0.25, -0.2) is 0 Å². The van der Waals surface area contributed by atoms with Crippen LogP contribution in [0.2, 0.25) is 0 Å². The minimum absolute atomic E-state index is 0.218. The van der Waals surface area contributed by atoms with Crippen LogP contribution in [-0.4, -0.2) is 19.8 Å². The molecule has 1 saturated heterocycles. The maximum absolute atomic E-state index is 5.95. The van der Waals surface area contributed by atoms with Crippen molar-refractivity contribution in [2.75, 3.05) is 19.8 Å². The molecule has 1 saturated carbocycles. The van der Waals surface area contributed by atoms with Gasteiger partial charge in [-0.05, 0) is 43.2 Å². The third-order valence-electron chi connectivity index (χ3n) is 6.38. The van der Waals surface area contributed by atoms with Crippen LogP contribution >= 0.6 is 0 Å². The first-order valence-corrected chi connectivity index (χ1v) is 11.2. The lowest BCUT2D eigenvalue weighted by Gasteiger charge is -2.29. The highest BCUT2D eigenvalue weighted by Crippen LogP contribution is 2.34. The van der Waals surface area contributed by atoms with E-state index in [9.17, 15) is 0 Å². The van der Waals surface area contributed by atoms with Crippen LogP contribution in [-0.2, 0) is 9.47 Å². The highest BCUT2D eigenvalue weighted by atomic mass is 16.7. The zero-order valence-corrected chi connectivity index (χ0v) is 17.3. The van der Waals surface area contributed by atoms with Gasteiger partial charge < -0.3 is 14.2 Å². The summed E-state index contributed by atoms with van der Waals surface area (Å²) < 4.78 is 17.6. The smallest absolute Gasteiger partial charge is 0.183 e. The summed E-state index contributed by atoms with van der Waals surface area (Å²) in [7, 11) is 0. The molecule has 2 aliphatic rings. The zero-order chi connectivity index (χ0) is 18.9. The molecule has 1 heterocycles. The van der Waals surface area contributed by atoms with E-state index in [0.29, 0.717) is 5.92 Å². The van der Waals surface area contributed by atoms with Crippen LogP contribution in [0, 0.1) is 17.8 Å². The Balaban J connectivity index is 1.31. The van der Waals surface area contributed by atoms with E-state index in [0.717, 1.165) is 55.8 Å². The van der Waals surface area contributed by atoms with Gasteiger partial charge >= 0.3 is 0 Å². The minimum atomic E-state index is -0.218. The normalized spacial score (nSPS) is 28.8. The molecular weight excluding hydrogens is 336 g/mol. The maximum Gasteiger partial charge on any atom is 0.183 e. The molecular formula is C24H38O3. The van der Waals surface area contributed by atoms with E-state index in [1.54, 1.807) is 0 Å². The van der Waals surface area contributed by atoms with Gasteiger partial charge in [-0.3, -0.25) is 0 Å². The van der Waals surface area contributed by atoms with Crippen LogP contribution in [0.5, 0.6) is 5.75 Å². The summed E-state index contributed by atoms with van der Waals surface area (Å²) in [6, 6.07) is 8.23. The molecule has 3 nitrogen and oxygen atoms in total. The Morgan fingerprint density at radius 1 is 0.852 bits per heavy atom. The average Bonchev–Trinajstić information content (AvgIpc) is 2.73. The Hall–Kier alpha value is -1.06. The standard InChI is InChI=1S/C24H38O3/c1-3-6-20-8-10-21(11-9-20)7-5-16-25-23-14-12-22(13-15-23)24-26-17-19(4-2)18-27-24/h12-15,19-21,24H,3-11,16-18H2,1-2H3. The summed E-state index contributed by atoms with van der Waals surface area (Å²) in [5, 5.41) is 0. The van der Waals surface area contributed by atoms with Crippen LogP contribution in [0.1, 0.15) is 83.5 Å². The second-order valence-corrected chi connectivity index (χ2v) is 8.51. The van der Waals surface area contributed by atoms with Crippen LogP contribution in [0.15, 0.2) is 24.3 Å². The Morgan fingerprint density at radius 2 is 1.48 bits per heavy atom. The first-order chi connectivity index (χ1) is 13.3. The number of benzene rings is 1. The van der Waals surface area contributed by atoms with Gasteiger partial charge in [0.25, 0.3) is 0 Å². The molecule has 1 aromatic rings. The van der Waals surface area contributed by atoms with Crippen molar-refractivity contribution in [1.29, 1.82) is 0 Å². The predicted molar refractivity (Wildman–Crippen MR) is 110 cm³/mol. The van der Waals surface area contributed by atoms with Gasteiger partial charge in [0.15, 0.2) is 6.29 Å². The molecule has 1 aromatic carbocycles. The van der Waals surface area contributed by atoms with Crippen molar-refractivity contribution in [3.8, 4) is 5.75 Å². The molecule has 0 atom stereocenters. The summed E-state index contributed by atoms with van der Waals surface area (Å²) in [6.45, 7) is 6.90. The van der Waals surface area contributed by atoms with Crippen molar-refractivity contribution < 1.29 is 14.2 Å². The Bertz CT molecular complexity index is 511. The van der Waals surface area contributed by atoms with Gasteiger partial charge in [-0.1, -0.05) is 64.5 Å². The van der Waals surface area contributed by atoms with E-state index < -0.39 is 0 Å². The molecule has 1 aliphatic carbocycles. The quantitative estimate of drug-likeness (QED) is 0.460. The fourth-order valence-corrected chi connectivity index (χ4v) is 4.47. The Morgan fingerprint density at radius 3 is 2.07 bits per heavy atom. The highest BCUT2D eigenvalue weighted by molar-refractivity contribution is 5.28. The average molecular weight is 375 g/mol. The molecule has 0 radical (unpaired) electrons. The third kappa shape index (κ3) is 6.50. The third-order valence-corrected chi connectivity index (χ3v) is 6.38. The van der Waals surface area contributed by atoms with Crippen LogP contribution in [0.25, 0.3) is 0 Å². The van der Waals surface area contributed by atoms with Crippen molar-refractivity contribution in [3.05, 3.63) is 29.8 Å². The van der Waals surface area contributed by atoms with Crippen molar-refractivity contribution in [2.24, 2.45) is 17.8 Å². The van der Waals surface area contributed by atoms with E-state index in [1.807, 2.05) is 12.1 Å². The first-order valence-electron chi connectivity index (χ1n) is 11.2. The Labute approximate surface area is 165 Å². The lowest BCUT2D eigenvalue weighted by Crippen LogP contribution is -2.26. The van der Waals surface area contributed by atoms with Crippen LogP contribution in [0.4, 0.5) is 0 Å².